The minimum Gasteiger partial charge on any atom is -0.496 e. The van der Waals surface area contributed by atoms with Crippen LogP contribution in [0.15, 0.2) is 30.6 Å². The lowest BCUT2D eigenvalue weighted by Gasteiger charge is -2.28. The number of anilines is 1. The number of nitriles is 1. The van der Waals surface area contributed by atoms with Crippen molar-refractivity contribution in [2.24, 2.45) is 0 Å². The number of methoxy groups -OCH3 is 1. The Bertz CT molecular complexity index is 944. The van der Waals surface area contributed by atoms with E-state index in [1.165, 1.54) is 19.0 Å². The lowest BCUT2D eigenvalue weighted by Crippen LogP contribution is -2.39. The molecule has 3 N–H and O–H groups in total. The molecule has 0 spiro atoms. The number of ether oxygens (including phenoxy) is 2. The highest BCUT2D eigenvalue weighted by atomic mass is 16.5. The summed E-state index contributed by atoms with van der Waals surface area (Å²) in [4.78, 5) is 10.8. The van der Waals surface area contributed by atoms with Crippen molar-refractivity contribution in [1.82, 2.24) is 25.7 Å². The van der Waals surface area contributed by atoms with E-state index < -0.39 is 0 Å². The number of benzene rings is 1. The van der Waals surface area contributed by atoms with Crippen LogP contribution in [0.5, 0.6) is 11.5 Å². The smallest absolute Gasteiger partial charge is 0.158 e. The maximum Gasteiger partial charge on any atom is 0.158 e. The van der Waals surface area contributed by atoms with Gasteiger partial charge in [-0.1, -0.05) is 6.07 Å². The summed E-state index contributed by atoms with van der Waals surface area (Å²) in [7, 11) is 1.69. The quantitative estimate of drug-likeness (QED) is 0.574. The summed E-state index contributed by atoms with van der Waals surface area (Å²) in [6.07, 6.45) is 6.18. The highest BCUT2D eigenvalue weighted by molar-refractivity contribution is 5.43. The first kappa shape index (κ1) is 22.3. The molecule has 0 aliphatic carbocycles. The van der Waals surface area contributed by atoms with Crippen molar-refractivity contribution in [3.8, 4) is 17.6 Å². The van der Waals surface area contributed by atoms with Gasteiger partial charge in [-0.05, 0) is 39.3 Å². The fraction of sp³-hybridized carbons (Fsp3) is 0.522. The molecule has 1 aromatic carbocycles. The third kappa shape index (κ3) is 5.10. The van der Waals surface area contributed by atoms with Crippen molar-refractivity contribution in [2.45, 2.75) is 57.4 Å². The van der Waals surface area contributed by atoms with Crippen LogP contribution in [0.1, 0.15) is 50.4 Å². The predicted octanol–water partition coefficient (Wildman–Crippen LogP) is 2.59. The number of hydrogen-bond donors (Lipinski definition) is 3. The second-order valence-electron chi connectivity index (χ2n) is 8.51. The van der Waals surface area contributed by atoms with Crippen LogP contribution in [0.25, 0.3) is 0 Å². The van der Waals surface area contributed by atoms with Gasteiger partial charge in [0.25, 0.3) is 0 Å². The van der Waals surface area contributed by atoms with Crippen molar-refractivity contribution in [1.29, 1.82) is 5.26 Å². The average molecular weight is 438 g/mol. The van der Waals surface area contributed by atoms with Crippen LogP contribution in [0.2, 0.25) is 0 Å². The van der Waals surface area contributed by atoms with Gasteiger partial charge in [0.15, 0.2) is 5.69 Å². The summed E-state index contributed by atoms with van der Waals surface area (Å²) in [5.41, 5.74) is 7.91. The maximum absolute atomic E-state index is 8.85. The lowest BCUT2D eigenvalue weighted by molar-refractivity contribution is 0.144. The van der Waals surface area contributed by atoms with E-state index in [1.807, 2.05) is 18.2 Å². The molecule has 0 saturated carbocycles. The molecular formula is C23H31N7O2. The molecule has 170 valence electrons. The number of nitrogens with zero attached hydrogens (tertiary/aromatic N) is 4. The fourth-order valence-electron chi connectivity index (χ4n) is 4.47. The molecule has 2 fully saturated rings. The Morgan fingerprint density at radius 2 is 2.16 bits per heavy atom. The number of nitrogens with one attached hydrogen (secondary N) is 3. The van der Waals surface area contributed by atoms with Gasteiger partial charge in [0, 0.05) is 30.1 Å². The number of hydrogen-bond acceptors (Lipinski definition) is 9. The normalized spacial score (nSPS) is 23.3. The molecule has 2 unspecified atom stereocenters. The van der Waals surface area contributed by atoms with Crippen molar-refractivity contribution in [3.63, 3.8) is 0 Å². The molecule has 2 saturated heterocycles. The van der Waals surface area contributed by atoms with E-state index >= 15 is 0 Å². The molecule has 1 aromatic heterocycles. The van der Waals surface area contributed by atoms with E-state index in [1.54, 1.807) is 13.3 Å². The number of rotatable bonds is 8. The van der Waals surface area contributed by atoms with E-state index in [-0.39, 0.29) is 12.2 Å². The van der Waals surface area contributed by atoms with Crippen LogP contribution in [-0.2, 0) is 0 Å². The zero-order valence-corrected chi connectivity index (χ0v) is 18.8. The highest BCUT2D eigenvalue weighted by Gasteiger charge is 2.29. The Balaban J connectivity index is 1.36. The van der Waals surface area contributed by atoms with Crippen LogP contribution in [0.4, 0.5) is 5.82 Å². The van der Waals surface area contributed by atoms with Gasteiger partial charge < -0.3 is 14.8 Å². The number of aromatic nitrogens is 2. The van der Waals surface area contributed by atoms with Crippen LogP contribution < -0.4 is 25.6 Å². The highest BCUT2D eigenvalue weighted by Crippen LogP contribution is 2.33. The zero-order chi connectivity index (χ0) is 22.5. The maximum atomic E-state index is 8.85. The van der Waals surface area contributed by atoms with Crippen LogP contribution in [0.3, 0.4) is 0 Å². The number of hydrazine groups is 1. The first-order valence-corrected chi connectivity index (χ1v) is 11.1. The number of likely N-dealkylation sites (tertiary alicyclic amines) is 1. The summed E-state index contributed by atoms with van der Waals surface area (Å²) in [5, 5.41) is 12.1. The predicted molar refractivity (Wildman–Crippen MR) is 121 cm³/mol. The van der Waals surface area contributed by atoms with Gasteiger partial charge in [0.2, 0.25) is 0 Å². The molecule has 2 aromatic rings. The zero-order valence-electron chi connectivity index (χ0n) is 18.8. The average Bonchev–Trinajstić information content (AvgIpc) is 3.47. The van der Waals surface area contributed by atoms with Crippen molar-refractivity contribution in [3.05, 3.63) is 41.9 Å². The van der Waals surface area contributed by atoms with Crippen molar-refractivity contribution in [2.75, 3.05) is 25.6 Å². The fourth-order valence-corrected chi connectivity index (χ4v) is 4.47. The first-order chi connectivity index (χ1) is 15.6. The standard InChI is InChI=1S/C23H31N7O2/c1-15(2)30-8-4-5-17(30)14-32-18-6-7-19(21(9-18)31-3)20-10-22(29-28-20)27-23-13-25-16(11-24)12-26-23/h6-7,9,12-13,15,17,20,22,28-29H,4-5,8,10,14H2,1-3H3,(H,26,27)/t17-,20?,22?/m0/s1. The molecule has 3 heterocycles. The first-order valence-electron chi connectivity index (χ1n) is 11.1. The van der Waals surface area contributed by atoms with Gasteiger partial charge in [-0.25, -0.2) is 20.8 Å². The van der Waals surface area contributed by atoms with E-state index in [9.17, 15) is 0 Å². The van der Waals surface area contributed by atoms with Crippen molar-refractivity contribution < 1.29 is 9.47 Å². The topological polar surface area (TPSA) is 107 Å². The summed E-state index contributed by atoms with van der Waals surface area (Å²) < 4.78 is 11.8. The summed E-state index contributed by atoms with van der Waals surface area (Å²) in [6, 6.07) is 9.09. The van der Waals surface area contributed by atoms with E-state index in [4.69, 9.17) is 14.7 Å². The minimum atomic E-state index is -0.0350. The summed E-state index contributed by atoms with van der Waals surface area (Å²) >= 11 is 0. The van der Waals surface area contributed by atoms with Crippen LogP contribution >= 0.6 is 0 Å². The molecule has 0 bridgehead atoms. The molecule has 3 atom stereocenters. The second kappa shape index (κ2) is 10.1. The SMILES string of the molecule is COc1cc(OC[C@@H]2CCCN2C(C)C)ccc1C1CC(Nc2cnc(C#N)cn2)NN1. The molecule has 0 amide bonds. The summed E-state index contributed by atoms with van der Waals surface area (Å²) in [6.45, 7) is 6.34. The monoisotopic (exact) mass is 437 g/mol. The Morgan fingerprint density at radius 3 is 2.88 bits per heavy atom. The van der Waals surface area contributed by atoms with Gasteiger partial charge in [-0.2, -0.15) is 5.26 Å². The second-order valence-corrected chi connectivity index (χ2v) is 8.51. The van der Waals surface area contributed by atoms with Gasteiger partial charge in [0.1, 0.15) is 30.0 Å². The molecule has 9 nitrogen and oxygen atoms in total. The Hall–Kier alpha value is -2.93. The van der Waals surface area contributed by atoms with E-state index in [2.05, 4.69) is 51.0 Å². The lowest BCUT2D eigenvalue weighted by atomic mass is 10.0. The van der Waals surface area contributed by atoms with Crippen LogP contribution in [0, 0.1) is 11.3 Å². The largest absolute Gasteiger partial charge is 0.496 e. The minimum absolute atomic E-state index is 0.0350. The molecule has 0 radical (unpaired) electrons. The molecule has 9 heteroatoms. The van der Waals surface area contributed by atoms with Gasteiger partial charge in [-0.15, -0.1) is 0 Å². The van der Waals surface area contributed by atoms with Crippen LogP contribution in [-0.4, -0.2) is 53.4 Å². The summed E-state index contributed by atoms with van der Waals surface area (Å²) in [5.74, 6) is 2.24. The Kier molecular flexibility index (Phi) is 7.05. The van der Waals surface area contributed by atoms with Gasteiger partial charge >= 0.3 is 0 Å². The molecule has 32 heavy (non-hydrogen) atoms. The Labute approximate surface area is 189 Å². The van der Waals surface area contributed by atoms with E-state index in [0.29, 0.717) is 30.2 Å². The van der Waals surface area contributed by atoms with E-state index in [0.717, 1.165) is 30.0 Å². The molecular weight excluding hydrogens is 406 g/mol. The van der Waals surface area contributed by atoms with Gasteiger partial charge in [0.05, 0.1) is 31.7 Å². The van der Waals surface area contributed by atoms with Crippen molar-refractivity contribution >= 4 is 5.82 Å². The molecule has 2 aliphatic rings. The third-order valence-electron chi connectivity index (χ3n) is 6.10. The Morgan fingerprint density at radius 1 is 1.28 bits per heavy atom. The third-order valence-corrected chi connectivity index (χ3v) is 6.10. The molecule has 4 rings (SSSR count). The molecule has 2 aliphatic heterocycles. The van der Waals surface area contributed by atoms with Gasteiger partial charge in [-0.3, -0.25) is 4.90 Å².